The smallest absolute Gasteiger partial charge is 0.286 e. The van der Waals surface area contributed by atoms with Crippen LogP contribution in [0.5, 0.6) is 0 Å². The van der Waals surface area contributed by atoms with E-state index in [-0.39, 0.29) is 6.61 Å². The highest BCUT2D eigenvalue weighted by Crippen LogP contribution is 2.39. The van der Waals surface area contributed by atoms with Gasteiger partial charge in [0.25, 0.3) is 5.91 Å². The number of nitrogens with zero attached hydrogens (tertiary/aromatic N) is 1. The van der Waals surface area contributed by atoms with Gasteiger partial charge in [-0.15, -0.1) is 0 Å². The molecule has 172 valence electrons. The predicted octanol–water partition coefficient (Wildman–Crippen LogP) is 1.92. The summed E-state index contributed by atoms with van der Waals surface area (Å²) in [5.74, 6) is -1.80. The topological polar surface area (TPSA) is 104 Å². The lowest BCUT2D eigenvalue weighted by molar-refractivity contribution is -0.404. The van der Waals surface area contributed by atoms with E-state index in [4.69, 9.17) is 9.47 Å². The summed E-state index contributed by atoms with van der Waals surface area (Å²) in [6.07, 6.45) is -2.20. The number of benzene rings is 2. The van der Waals surface area contributed by atoms with Crippen molar-refractivity contribution in [2.45, 2.75) is 57.0 Å². The maximum atomic E-state index is 11.0. The molecule has 4 N–H and O–H groups in total. The zero-order valence-corrected chi connectivity index (χ0v) is 18.4. The maximum absolute atomic E-state index is 11.0. The lowest BCUT2D eigenvalue weighted by Gasteiger charge is -2.48. The summed E-state index contributed by atoms with van der Waals surface area (Å²) in [6.45, 7) is 3.52. The largest absolute Gasteiger partial charge is 0.394 e. The molecule has 1 aliphatic heterocycles. The lowest BCUT2D eigenvalue weighted by atomic mass is 9.96. The molecule has 1 saturated heterocycles. The van der Waals surface area contributed by atoms with E-state index in [9.17, 15) is 20.4 Å². The van der Waals surface area contributed by atoms with Crippen molar-refractivity contribution in [3.63, 3.8) is 0 Å². The van der Waals surface area contributed by atoms with Crippen LogP contribution in [0.1, 0.15) is 30.5 Å². The molecule has 2 heterocycles. The molecule has 32 heavy (non-hydrogen) atoms. The van der Waals surface area contributed by atoms with Gasteiger partial charge in [-0.25, -0.2) is 0 Å². The van der Waals surface area contributed by atoms with Gasteiger partial charge in [-0.1, -0.05) is 49.4 Å². The third-order valence-electron chi connectivity index (χ3n) is 6.24. The van der Waals surface area contributed by atoms with Crippen molar-refractivity contribution in [2.75, 3.05) is 13.2 Å². The molecule has 0 aliphatic carbocycles. The quantitative estimate of drug-likeness (QED) is 0.447. The van der Waals surface area contributed by atoms with Crippen molar-refractivity contribution in [3.8, 4) is 0 Å². The highest BCUT2D eigenvalue weighted by Gasteiger charge is 2.56. The summed E-state index contributed by atoms with van der Waals surface area (Å²) >= 11 is 0. The van der Waals surface area contributed by atoms with Gasteiger partial charge in [-0.3, -0.25) is 4.57 Å². The molecule has 0 bridgehead atoms. The van der Waals surface area contributed by atoms with Crippen molar-refractivity contribution >= 4 is 10.9 Å². The van der Waals surface area contributed by atoms with Crippen LogP contribution in [0.2, 0.25) is 0 Å². The van der Waals surface area contributed by atoms with Crippen LogP contribution < -0.4 is 0 Å². The number of ether oxygens (including phenoxy) is 2. The first-order valence-electron chi connectivity index (χ1n) is 11.1. The minimum absolute atomic E-state index is 0.179. The number of fused-ring (bicyclic) bond motifs is 1. The predicted molar refractivity (Wildman–Crippen MR) is 120 cm³/mol. The molecule has 0 radical (unpaired) electrons. The summed E-state index contributed by atoms with van der Waals surface area (Å²) in [5, 5.41) is 42.5. The van der Waals surface area contributed by atoms with Crippen LogP contribution in [0, 0.1) is 0 Å². The monoisotopic (exact) mass is 441 g/mol. The van der Waals surface area contributed by atoms with Crippen molar-refractivity contribution in [2.24, 2.45) is 0 Å². The fraction of sp³-hybridized carbons (Fsp3) is 0.440. The molecule has 0 amide bonds. The van der Waals surface area contributed by atoms with E-state index in [2.05, 4.69) is 31.2 Å². The molecule has 1 fully saturated rings. The lowest BCUT2D eigenvalue weighted by Crippen LogP contribution is -2.66. The van der Waals surface area contributed by atoms with Gasteiger partial charge in [0.2, 0.25) is 0 Å². The number of para-hydroxylation sites is 1. The number of aryl methyl sites for hydroxylation is 1. The number of rotatable bonds is 7. The van der Waals surface area contributed by atoms with Crippen LogP contribution in [0.25, 0.3) is 10.9 Å². The van der Waals surface area contributed by atoms with Crippen LogP contribution in [0.4, 0.5) is 0 Å². The molecule has 1 aliphatic rings. The highest BCUT2D eigenvalue weighted by molar-refractivity contribution is 5.84. The SMILES string of the molecule is CCO[C@]1(n2cc(Cc3ccc(CC)cc3)c3ccccc32)O[C@H](CO)[C@@H](O)[C@H](O)[C@H]1O. The molecule has 7 nitrogen and oxygen atoms in total. The molecule has 0 unspecified atom stereocenters. The summed E-state index contributed by atoms with van der Waals surface area (Å²) in [5.41, 5.74) is 4.17. The van der Waals surface area contributed by atoms with E-state index >= 15 is 0 Å². The number of aliphatic hydroxyl groups excluding tert-OH is 4. The maximum Gasteiger partial charge on any atom is 0.286 e. The van der Waals surface area contributed by atoms with Crippen molar-refractivity contribution in [1.29, 1.82) is 0 Å². The van der Waals surface area contributed by atoms with Gasteiger partial charge in [0, 0.05) is 18.2 Å². The summed E-state index contributed by atoms with van der Waals surface area (Å²) in [6, 6.07) is 16.2. The first-order valence-corrected chi connectivity index (χ1v) is 11.1. The van der Waals surface area contributed by atoms with Gasteiger partial charge in [0.05, 0.1) is 12.1 Å². The minimum atomic E-state index is -1.80. The van der Waals surface area contributed by atoms with Crippen molar-refractivity contribution in [1.82, 2.24) is 4.57 Å². The first-order chi connectivity index (χ1) is 15.4. The van der Waals surface area contributed by atoms with Gasteiger partial charge >= 0.3 is 0 Å². The Labute approximate surface area is 187 Å². The number of aliphatic hydroxyl groups is 4. The number of hydrogen-bond donors (Lipinski definition) is 4. The summed E-state index contributed by atoms with van der Waals surface area (Å²) < 4.78 is 13.6. The third-order valence-corrected chi connectivity index (χ3v) is 6.24. The molecule has 7 heteroatoms. The molecule has 1 aromatic heterocycles. The Morgan fingerprint density at radius 3 is 2.31 bits per heavy atom. The fourth-order valence-electron chi connectivity index (χ4n) is 4.48. The fourth-order valence-corrected chi connectivity index (χ4v) is 4.48. The summed E-state index contributed by atoms with van der Waals surface area (Å²) in [7, 11) is 0. The van der Waals surface area contributed by atoms with Crippen molar-refractivity contribution < 1.29 is 29.9 Å². The highest BCUT2D eigenvalue weighted by atomic mass is 16.7. The van der Waals surface area contributed by atoms with E-state index in [1.165, 1.54) is 5.56 Å². The Bertz CT molecular complexity index is 1050. The Balaban J connectivity index is 1.83. The third kappa shape index (κ3) is 3.85. The standard InChI is InChI=1S/C25H31NO6/c1-3-16-9-11-17(12-10-16)13-18-14-26(20-8-6-5-7-19(18)20)25(31-4-2)24(30)23(29)22(28)21(15-27)32-25/h5-12,14,21-24,27-30H,3-4,13,15H2,1-2H3/t21-,22-,23+,24-,25+/m1/s1. The van der Waals surface area contributed by atoms with E-state index < -0.39 is 36.9 Å². The second-order valence-corrected chi connectivity index (χ2v) is 8.22. The van der Waals surface area contributed by atoms with E-state index in [1.807, 2.05) is 30.5 Å². The first kappa shape index (κ1) is 22.9. The second-order valence-electron chi connectivity index (χ2n) is 8.22. The number of hydrogen-bond acceptors (Lipinski definition) is 6. The van der Waals surface area contributed by atoms with Crippen molar-refractivity contribution in [3.05, 3.63) is 71.4 Å². The molecule has 0 spiro atoms. The molecular formula is C25H31NO6. The van der Waals surface area contributed by atoms with E-state index in [0.717, 1.165) is 28.5 Å². The van der Waals surface area contributed by atoms with Gasteiger partial charge < -0.3 is 29.9 Å². The van der Waals surface area contributed by atoms with Gasteiger partial charge in [-0.2, -0.15) is 0 Å². The Morgan fingerprint density at radius 2 is 1.66 bits per heavy atom. The minimum Gasteiger partial charge on any atom is -0.394 e. The summed E-state index contributed by atoms with van der Waals surface area (Å²) in [4.78, 5) is 0. The average molecular weight is 442 g/mol. The van der Waals surface area contributed by atoms with Gasteiger partial charge in [-0.05, 0) is 42.5 Å². The molecule has 2 aromatic carbocycles. The average Bonchev–Trinajstić information content (AvgIpc) is 3.19. The molecular weight excluding hydrogens is 410 g/mol. The Morgan fingerprint density at radius 1 is 0.969 bits per heavy atom. The van der Waals surface area contributed by atoms with E-state index in [0.29, 0.717) is 6.42 Å². The Hall–Kier alpha value is -2.26. The van der Waals surface area contributed by atoms with Crippen LogP contribution >= 0.6 is 0 Å². The van der Waals surface area contributed by atoms with Crippen LogP contribution in [0.3, 0.4) is 0 Å². The van der Waals surface area contributed by atoms with E-state index in [1.54, 1.807) is 11.5 Å². The number of aromatic nitrogens is 1. The van der Waals surface area contributed by atoms with Crippen LogP contribution in [0.15, 0.2) is 54.7 Å². The van der Waals surface area contributed by atoms with Crippen LogP contribution in [-0.2, 0) is 28.2 Å². The zero-order valence-electron chi connectivity index (χ0n) is 18.4. The molecule has 0 saturated carbocycles. The van der Waals surface area contributed by atoms with Gasteiger partial charge in [0.1, 0.15) is 18.3 Å². The van der Waals surface area contributed by atoms with Crippen LogP contribution in [-0.4, -0.2) is 62.6 Å². The van der Waals surface area contributed by atoms with Gasteiger partial charge in [0.15, 0.2) is 6.10 Å². The molecule has 4 rings (SSSR count). The normalized spacial score (nSPS) is 28.3. The second kappa shape index (κ2) is 9.31. The Kier molecular flexibility index (Phi) is 6.67. The molecule has 3 aromatic rings. The zero-order chi connectivity index (χ0) is 22.9. The molecule has 5 atom stereocenters.